The number of hydrogen-bond donors (Lipinski definition) is 1. The summed E-state index contributed by atoms with van der Waals surface area (Å²) in [4.78, 5) is 22.9. The van der Waals surface area contributed by atoms with Crippen LogP contribution in [0.3, 0.4) is 0 Å². The molecule has 0 aliphatic carbocycles. The molecule has 2 aromatic rings. The maximum absolute atomic E-state index is 13.4. The topological polar surface area (TPSA) is 68.5 Å². The van der Waals surface area contributed by atoms with Crippen LogP contribution in [0, 0.1) is 12.7 Å². The number of aryl methyl sites for hydroxylation is 2. The van der Waals surface area contributed by atoms with E-state index in [1.165, 1.54) is 25.3 Å². The van der Waals surface area contributed by atoms with Gasteiger partial charge in [0.25, 0.3) is 0 Å². The van der Waals surface area contributed by atoms with Gasteiger partial charge in [-0.1, -0.05) is 6.07 Å². The van der Waals surface area contributed by atoms with Gasteiger partial charge < -0.3 is 14.5 Å². The maximum atomic E-state index is 13.4. The predicted octanol–water partition coefficient (Wildman–Crippen LogP) is 3.48. The molecule has 1 aromatic heterocycles. The number of esters is 1. The zero-order valence-corrected chi connectivity index (χ0v) is 13.5. The highest BCUT2D eigenvalue weighted by atomic mass is 19.1. The Bertz CT molecular complexity index is 764. The van der Waals surface area contributed by atoms with Gasteiger partial charge in [0.1, 0.15) is 17.3 Å². The van der Waals surface area contributed by atoms with E-state index in [0.29, 0.717) is 29.2 Å². The number of carbonyl (C=O) groups is 2. The van der Waals surface area contributed by atoms with Crippen molar-refractivity contribution < 1.29 is 23.1 Å². The van der Waals surface area contributed by atoms with Crippen molar-refractivity contribution in [2.24, 2.45) is 0 Å². The van der Waals surface area contributed by atoms with Gasteiger partial charge in [-0.05, 0) is 42.8 Å². The smallest absolute Gasteiger partial charge is 0.305 e. The van der Waals surface area contributed by atoms with E-state index in [9.17, 15) is 14.0 Å². The minimum absolute atomic E-state index is 0.229. The van der Waals surface area contributed by atoms with E-state index in [1.54, 1.807) is 31.2 Å². The van der Waals surface area contributed by atoms with Gasteiger partial charge in [-0.3, -0.25) is 9.59 Å². The molecule has 1 amide bonds. The first-order valence-electron chi connectivity index (χ1n) is 7.38. The van der Waals surface area contributed by atoms with Crippen LogP contribution in [0.5, 0.6) is 0 Å². The molecule has 0 spiro atoms. The van der Waals surface area contributed by atoms with Crippen molar-refractivity contribution in [3.63, 3.8) is 0 Å². The van der Waals surface area contributed by atoms with Gasteiger partial charge in [0.15, 0.2) is 0 Å². The maximum Gasteiger partial charge on any atom is 0.305 e. The molecule has 6 heteroatoms. The third-order valence-corrected chi connectivity index (χ3v) is 3.32. The predicted molar refractivity (Wildman–Crippen MR) is 87.8 cm³/mol. The van der Waals surface area contributed by atoms with Crippen LogP contribution in [0.1, 0.15) is 23.5 Å². The van der Waals surface area contributed by atoms with E-state index < -0.39 is 5.91 Å². The Balaban J connectivity index is 1.90. The normalized spacial score (nSPS) is 10.8. The Labute approximate surface area is 139 Å². The molecular weight excluding hydrogens is 313 g/mol. The van der Waals surface area contributed by atoms with Crippen LogP contribution in [0.25, 0.3) is 6.08 Å². The van der Waals surface area contributed by atoms with Crippen LogP contribution in [0.4, 0.5) is 10.1 Å². The van der Waals surface area contributed by atoms with E-state index in [0.717, 1.165) is 0 Å². The fourth-order valence-corrected chi connectivity index (χ4v) is 1.96. The van der Waals surface area contributed by atoms with E-state index in [-0.39, 0.29) is 18.2 Å². The molecule has 2 rings (SSSR count). The van der Waals surface area contributed by atoms with Crippen LogP contribution in [-0.2, 0) is 20.7 Å². The number of anilines is 1. The number of rotatable bonds is 6. The number of carbonyl (C=O) groups excluding carboxylic acids is 2. The van der Waals surface area contributed by atoms with Gasteiger partial charge >= 0.3 is 5.97 Å². The largest absolute Gasteiger partial charge is 0.469 e. The highest BCUT2D eigenvalue weighted by Crippen LogP contribution is 2.14. The lowest BCUT2D eigenvalue weighted by Gasteiger charge is -2.03. The number of hydrogen-bond acceptors (Lipinski definition) is 4. The third-order valence-electron chi connectivity index (χ3n) is 3.32. The van der Waals surface area contributed by atoms with Gasteiger partial charge in [0.05, 0.1) is 13.5 Å². The number of furan rings is 1. The summed E-state index contributed by atoms with van der Waals surface area (Å²) in [6.45, 7) is 1.65. The Morgan fingerprint density at radius 3 is 2.79 bits per heavy atom. The van der Waals surface area contributed by atoms with Crippen LogP contribution < -0.4 is 5.32 Å². The lowest BCUT2D eigenvalue weighted by atomic mass is 10.2. The molecule has 5 nitrogen and oxygen atoms in total. The molecular formula is C18H18FNO4. The standard InChI is InChI=1S/C18H18FNO4/c1-12-3-4-13(11-16(12)19)20-17(21)9-7-14-5-6-15(24-14)8-10-18(22)23-2/h3-7,9,11H,8,10H2,1-2H3,(H,20,21). The van der Waals surface area contributed by atoms with E-state index in [4.69, 9.17) is 4.42 Å². The number of nitrogens with one attached hydrogen (secondary N) is 1. The van der Waals surface area contributed by atoms with Crippen LogP contribution in [-0.4, -0.2) is 19.0 Å². The van der Waals surface area contributed by atoms with Gasteiger partial charge in [-0.15, -0.1) is 0 Å². The minimum Gasteiger partial charge on any atom is -0.469 e. The summed E-state index contributed by atoms with van der Waals surface area (Å²) in [6.07, 6.45) is 3.45. The zero-order valence-electron chi connectivity index (χ0n) is 13.5. The van der Waals surface area contributed by atoms with Crippen LogP contribution in [0.15, 0.2) is 40.8 Å². The Morgan fingerprint density at radius 1 is 1.29 bits per heavy atom. The molecule has 1 heterocycles. The summed E-state index contributed by atoms with van der Waals surface area (Å²) < 4.78 is 23.5. The fraction of sp³-hybridized carbons (Fsp3) is 0.222. The summed E-state index contributed by atoms with van der Waals surface area (Å²) in [5.41, 5.74) is 0.893. The summed E-state index contributed by atoms with van der Waals surface area (Å²) in [5, 5.41) is 2.57. The SMILES string of the molecule is COC(=O)CCc1ccc(C=CC(=O)Nc2ccc(C)c(F)c2)o1. The Morgan fingerprint density at radius 2 is 2.08 bits per heavy atom. The van der Waals surface area contributed by atoms with Gasteiger partial charge in [-0.25, -0.2) is 4.39 Å². The fourth-order valence-electron chi connectivity index (χ4n) is 1.96. The average Bonchev–Trinajstić information content (AvgIpc) is 3.02. The summed E-state index contributed by atoms with van der Waals surface area (Å²) in [6, 6.07) is 7.91. The number of methoxy groups -OCH3 is 1. The third kappa shape index (κ3) is 5.08. The molecule has 0 unspecified atom stereocenters. The number of ether oxygens (including phenoxy) is 1. The van der Waals surface area contributed by atoms with Gasteiger partial charge in [0, 0.05) is 18.2 Å². The zero-order chi connectivity index (χ0) is 17.5. The van der Waals surface area contributed by atoms with Crippen LogP contribution >= 0.6 is 0 Å². The summed E-state index contributed by atoms with van der Waals surface area (Å²) in [5.74, 6) is 0.0261. The molecule has 1 N–H and O–H groups in total. The molecule has 0 radical (unpaired) electrons. The molecule has 0 aliphatic rings. The highest BCUT2D eigenvalue weighted by molar-refractivity contribution is 6.01. The van der Waals surface area contributed by atoms with Crippen molar-refractivity contribution in [2.45, 2.75) is 19.8 Å². The van der Waals surface area contributed by atoms with Crippen LogP contribution in [0.2, 0.25) is 0 Å². The number of amides is 1. The van der Waals surface area contributed by atoms with E-state index >= 15 is 0 Å². The molecule has 1 aromatic carbocycles. The van der Waals surface area contributed by atoms with Crippen molar-refractivity contribution in [3.05, 3.63) is 59.3 Å². The lowest BCUT2D eigenvalue weighted by Crippen LogP contribution is -2.07. The first-order chi connectivity index (χ1) is 11.5. The summed E-state index contributed by atoms with van der Waals surface area (Å²) in [7, 11) is 1.33. The molecule has 0 fully saturated rings. The number of benzene rings is 1. The quantitative estimate of drug-likeness (QED) is 0.650. The Hall–Kier alpha value is -2.89. The average molecular weight is 331 g/mol. The highest BCUT2D eigenvalue weighted by Gasteiger charge is 2.06. The van der Waals surface area contributed by atoms with Gasteiger partial charge in [-0.2, -0.15) is 0 Å². The van der Waals surface area contributed by atoms with E-state index in [2.05, 4.69) is 10.1 Å². The van der Waals surface area contributed by atoms with Crippen molar-refractivity contribution >= 4 is 23.6 Å². The molecule has 126 valence electrons. The second-order valence-corrected chi connectivity index (χ2v) is 5.17. The lowest BCUT2D eigenvalue weighted by molar-refractivity contribution is -0.140. The van der Waals surface area contributed by atoms with Crippen molar-refractivity contribution in [1.29, 1.82) is 0 Å². The second-order valence-electron chi connectivity index (χ2n) is 5.17. The minimum atomic E-state index is -0.397. The van der Waals surface area contributed by atoms with E-state index in [1.807, 2.05) is 0 Å². The van der Waals surface area contributed by atoms with Crippen molar-refractivity contribution in [3.8, 4) is 0 Å². The molecule has 0 saturated carbocycles. The Kier molecular flexibility index (Phi) is 5.89. The molecule has 0 bridgehead atoms. The van der Waals surface area contributed by atoms with Gasteiger partial charge in [0.2, 0.25) is 5.91 Å². The first kappa shape index (κ1) is 17.5. The molecule has 24 heavy (non-hydrogen) atoms. The van der Waals surface area contributed by atoms with Crippen molar-refractivity contribution in [2.75, 3.05) is 12.4 Å². The number of halogens is 1. The second kappa shape index (κ2) is 8.10. The van der Waals surface area contributed by atoms with Crippen molar-refractivity contribution in [1.82, 2.24) is 0 Å². The first-order valence-corrected chi connectivity index (χ1v) is 7.38. The summed E-state index contributed by atoms with van der Waals surface area (Å²) >= 11 is 0. The molecule has 0 saturated heterocycles. The monoisotopic (exact) mass is 331 g/mol. The molecule has 0 atom stereocenters. The molecule has 0 aliphatic heterocycles.